The summed E-state index contributed by atoms with van der Waals surface area (Å²) in [5, 5.41) is 6.77. The fraction of sp³-hybridized carbons (Fsp3) is 0.222. The molecule has 4 rings (SSSR count). The first-order chi connectivity index (χ1) is 13.2. The number of fused-ring (bicyclic) bond motifs is 1. The molecule has 0 bridgehead atoms. The number of cyclic esters (lactones) is 1. The zero-order chi connectivity index (χ0) is 18.6. The maximum absolute atomic E-state index is 11.1. The number of ether oxygens (including phenoxy) is 2. The average Bonchev–Trinajstić information content (AvgIpc) is 3.10. The number of carbonyl (C=O) groups is 1. The maximum Gasteiger partial charge on any atom is 0.407 e. The molecule has 3 aromatic rings. The zero-order valence-electron chi connectivity index (χ0n) is 14.2. The van der Waals surface area contributed by atoms with E-state index in [0.717, 1.165) is 10.9 Å². The molecule has 1 aliphatic heterocycles. The van der Waals surface area contributed by atoms with Crippen LogP contribution in [0.15, 0.2) is 42.7 Å². The molecule has 1 unspecified atom stereocenters. The standard InChI is InChI=1S/C18H16ClN5O3/c19-17-23-15-13(16(24-17)21-8-11-4-6-20-7-5-11)2-1-3-14(15)26-10-12-9-22-18(25)27-12/h1-7,12H,8-10H2,(H,22,25)(H,21,23,24). The molecule has 0 radical (unpaired) electrons. The predicted molar refractivity (Wildman–Crippen MR) is 99.9 cm³/mol. The number of rotatable bonds is 6. The van der Waals surface area contributed by atoms with Gasteiger partial charge in [-0.25, -0.2) is 14.8 Å². The van der Waals surface area contributed by atoms with Crippen molar-refractivity contribution in [2.24, 2.45) is 0 Å². The number of benzene rings is 1. The van der Waals surface area contributed by atoms with Crippen molar-refractivity contribution in [1.82, 2.24) is 20.3 Å². The molecule has 2 aromatic heterocycles. The van der Waals surface area contributed by atoms with Crippen molar-refractivity contribution in [1.29, 1.82) is 0 Å². The van der Waals surface area contributed by atoms with E-state index in [-0.39, 0.29) is 18.0 Å². The van der Waals surface area contributed by atoms with E-state index in [1.165, 1.54) is 0 Å². The highest BCUT2D eigenvalue weighted by molar-refractivity contribution is 6.29. The van der Waals surface area contributed by atoms with Crippen LogP contribution in [0.3, 0.4) is 0 Å². The van der Waals surface area contributed by atoms with Crippen LogP contribution in [0, 0.1) is 0 Å². The van der Waals surface area contributed by atoms with Crippen molar-refractivity contribution in [2.75, 3.05) is 18.5 Å². The van der Waals surface area contributed by atoms with Crippen LogP contribution in [0.1, 0.15) is 5.56 Å². The highest BCUT2D eigenvalue weighted by Crippen LogP contribution is 2.30. The molecule has 9 heteroatoms. The summed E-state index contributed by atoms with van der Waals surface area (Å²) in [7, 11) is 0. The van der Waals surface area contributed by atoms with Crippen molar-refractivity contribution in [3.05, 3.63) is 53.6 Å². The van der Waals surface area contributed by atoms with E-state index in [1.807, 2.05) is 24.3 Å². The number of amides is 1. The Balaban J connectivity index is 1.56. The van der Waals surface area contributed by atoms with Gasteiger partial charge in [0, 0.05) is 24.3 Å². The summed E-state index contributed by atoms with van der Waals surface area (Å²) in [5.74, 6) is 1.16. The molecule has 2 N–H and O–H groups in total. The molecule has 1 fully saturated rings. The van der Waals surface area contributed by atoms with Crippen LogP contribution < -0.4 is 15.4 Å². The number of para-hydroxylation sites is 1. The van der Waals surface area contributed by atoms with Gasteiger partial charge in [0.2, 0.25) is 5.28 Å². The Kier molecular flexibility index (Phi) is 4.88. The summed E-state index contributed by atoms with van der Waals surface area (Å²) in [5.41, 5.74) is 1.66. The van der Waals surface area contributed by atoms with Crippen molar-refractivity contribution >= 4 is 34.4 Å². The summed E-state index contributed by atoms with van der Waals surface area (Å²) in [6.07, 6.45) is 2.70. The Morgan fingerprint density at radius 1 is 1.26 bits per heavy atom. The lowest BCUT2D eigenvalue weighted by molar-refractivity contribution is 0.105. The minimum absolute atomic E-state index is 0.115. The Labute approximate surface area is 159 Å². The van der Waals surface area contributed by atoms with Crippen molar-refractivity contribution in [3.8, 4) is 5.75 Å². The van der Waals surface area contributed by atoms with E-state index in [2.05, 4.69) is 25.6 Å². The Morgan fingerprint density at radius 3 is 2.89 bits per heavy atom. The van der Waals surface area contributed by atoms with Gasteiger partial charge in [0.05, 0.1) is 6.54 Å². The first kappa shape index (κ1) is 17.3. The highest BCUT2D eigenvalue weighted by atomic mass is 35.5. The number of alkyl carbamates (subject to hydrolysis) is 1. The average molecular weight is 386 g/mol. The Bertz CT molecular complexity index is 970. The second-order valence-electron chi connectivity index (χ2n) is 5.92. The summed E-state index contributed by atoms with van der Waals surface area (Å²) in [6, 6.07) is 9.38. The normalized spacial score (nSPS) is 16.0. The molecule has 0 spiro atoms. The smallest absolute Gasteiger partial charge is 0.407 e. The molecule has 0 aliphatic carbocycles. The SMILES string of the molecule is O=C1NCC(COc2cccc3c(NCc4ccncc4)nc(Cl)nc23)O1. The zero-order valence-corrected chi connectivity index (χ0v) is 14.9. The summed E-state index contributed by atoms with van der Waals surface area (Å²) >= 11 is 6.12. The molecule has 1 atom stereocenters. The molecule has 27 heavy (non-hydrogen) atoms. The molecular weight excluding hydrogens is 370 g/mol. The molecule has 1 aliphatic rings. The monoisotopic (exact) mass is 385 g/mol. The largest absolute Gasteiger partial charge is 0.487 e. The number of hydrogen-bond acceptors (Lipinski definition) is 7. The number of nitrogens with one attached hydrogen (secondary N) is 2. The summed E-state index contributed by atoms with van der Waals surface area (Å²) in [4.78, 5) is 23.7. The molecule has 0 saturated carbocycles. The van der Waals surface area contributed by atoms with Crippen molar-refractivity contribution in [2.45, 2.75) is 12.6 Å². The third-order valence-electron chi connectivity index (χ3n) is 4.04. The highest BCUT2D eigenvalue weighted by Gasteiger charge is 2.23. The van der Waals surface area contributed by atoms with E-state index in [9.17, 15) is 4.79 Å². The van der Waals surface area contributed by atoms with Crippen LogP contribution >= 0.6 is 11.6 Å². The third-order valence-corrected chi connectivity index (χ3v) is 4.21. The number of pyridine rings is 1. The summed E-state index contributed by atoms with van der Waals surface area (Å²) < 4.78 is 10.9. The number of aromatic nitrogens is 3. The number of halogens is 1. The van der Waals surface area contributed by atoms with Gasteiger partial charge < -0.3 is 20.1 Å². The van der Waals surface area contributed by atoms with Crippen LogP contribution in [-0.2, 0) is 11.3 Å². The van der Waals surface area contributed by atoms with Crippen LogP contribution in [0.25, 0.3) is 10.9 Å². The van der Waals surface area contributed by atoms with E-state index in [0.29, 0.717) is 30.2 Å². The lowest BCUT2D eigenvalue weighted by atomic mass is 10.2. The van der Waals surface area contributed by atoms with Gasteiger partial charge in [-0.2, -0.15) is 0 Å². The topological polar surface area (TPSA) is 98.3 Å². The van der Waals surface area contributed by atoms with Gasteiger partial charge in [-0.1, -0.05) is 6.07 Å². The van der Waals surface area contributed by atoms with Crippen molar-refractivity contribution < 1.29 is 14.3 Å². The molecule has 3 heterocycles. The number of nitrogens with zero attached hydrogens (tertiary/aromatic N) is 3. The van der Waals surface area contributed by atoms with Crippen molar-refractivity contribution in [3.63, 3.8) is 0 Å². The van der Waals surface area contributed by atoms with E-state index in [4.69, 9.17) is 21.1 Å². The van der Waals surface area contributed by atoms with E-state index >= 15 is 0 Å². The lowest BCUT2D eigenvalue weighted by Gasteiger charge is -2.14. The minimum atomic E-state index is -0.436. The van der Waals surface area contributed by atoms with Gasteiger partial charge in [-0.05, 0) is 41.4 Å². The third kappa shape index (κ3) is 4.01. The molecular formula is C18H16ClN5O3. The number of hydrogen-bond donors (Lipinski definition) is 2. The Morgan fingerprint density at radius 2 is 2.11 bits per heavy atom. The van der Waals surface area contributed by atoms with E-state index in [1.54, 1.807) is 18.5 Å². The second kappa shape index (κ2) is 7.63. The fourth-order valence-corrected chi connectivity index (χ4v) is 2.91. The quantitative estimate of drug-likeness (QED) is 0.629. The fourth-order valence-electron chi connectivity index (χ4n) is 2.74. The number of anilines is 1. The molecule has 138 valence electrons. The van der Waals surface area contributed by atoms with Gasteiger partial charge in [0.15, 0.2) is 6.10 Å². The second-order valence-corrected chi connectivity index (χ2v) is 6.26. The van der Waals surface area contributed by atoms with Gasteiger partial charge in [0.1, 0.15) is 23.7 Å². The number of carbonyl (C=O) groups excluding carboxylic acids is 1. The molecule has 8 nitrogen and oxygen atoms in total. The van der Waals surface area contributed by atoms with Gasteiger partial charge in [-0.3, -0.25) is 4.98 Å². The first-order valence-corrected chi connectivity index (χ1v) is 8.73. The molecule has 1 saturated heterocycles. The predicted octanol–water partition coefficient (Wildman–Crippen LogP) is 2.78. The molecule has 1 amide bonds. The van der Waals surface area contributed by atoms with Crippen LogP contribution in [0.2, 0.25) is 5.28 Å². The lowest BCUT2D eigenvalue weighted by Crippen LogP contribution is -2.22. The molecule has 1 aromatic carbocycles. The van der Waals surface area contributed by atoms with Crippen LogP contribution in [-0.4, -0.2) is 40.3 Å². The Hall–Kier alpha value is -3.13. The summed E-state index contributed by atoms with van der Waals surface area (Å²) in [6.45, 7) is 1.21. The van der Waals surface area contributed by atoms with E-state index < -0.39 is 6.09 Å². The van der Waals surface area contributed by atoms with Gasteiger partial charge >= 0.3 is 6.09 Å². The minimum Gasteiger partial charge on any atom is -0.487 e. The van der Waals surface area contributed by atoms with Crippen LogP contribution in [0.5, 0.6) is 5.75 Å². The van der Waals surface area contributed by atoms with Gasteiger partial charge in [-0.15, -0.1) is 0 Å². The maximum atomic E-state index is 11.1. The van der Waals surface area contributed by atoms with Gasteiger partial charge in [0.25, 0.3) is 0 Å². The first-order valence-electron chi connectivity index (χ1n) is 8.35. The van der Waals surface area contributed by atoms with Crippen LogP contribution in [0.4, 0.5) is 10.6 Å².